The molecular weight excluding hydrogens is 371 g/mol. The van der Waals surface area contributed by atoms with Gasteiger partial charge in [0.1, 0.15) is 12.6 Å². The fraction of sp³-hybridized carbons (Fsp3) is 0.929. The number of rotatable bonds is 4. The highest BCUT2D eigenvalue weighted by molar-refractivity contribution is 14.1. The van der Waals surface area contributed by atoms with Crippen molar-refractivity contribution in [1.82, 2.24) is 0 Å². The van der Waals surface area contributed by atoms with E-state index in [0.29, 0.717) is 24.7 Å². The molecule has 1 heterocycles. The number of likely N-dealkylation sites (tertiary alicyclic amines) is 1. The average molecular weight is 397 g/mol. The lowest BCUT2D eigenvalue weighted by Crippen LogP contribution is -3.14. The maximum atomic E-state index is 12.4. The summed E-state index contributed by atoms with van der Waals surface area (Å²) in [4.78, 5) is 13.8. The van der Waals surface area contributed by atoms with Gasteiger partial charge < -0.3 is 10.1 Å². The zero-order valence-corrected chi connectivity index (χ0v) is 14.3. The van der Waals surface area contributed by atoms with Crippen LogP contribution in [0.2, 0.25) is 0 Å². The van der Waals surface area contributed by atoms with Gasteiger partial charge in [-0.3, -0.25) is 4.79 Å². The topological polar surface area (TPSA) is 69.2 Å². The summed E-state index contributed by atoms with van der Waals surface area (Å²) in [6.07, 6.45) is 4.77. The average Bonchev–Trinajstić information content (AvgIpc) is 2.38. The molecule has 2 aliphatic rings. The first-order chi connectivity index (χ1) is 9.47. The summed E-state index contributed by atoms with van der Waals surface area (Å²) in [5.41, 5.74) is 0. The van der Waals surface area contributed by atoms with Crippen molar-refractivity contribution in [2.45, 2.75) is 49.0 Å². The summed E-state index contributed by atoms with van der Waals surface area (Å²) in [6.45, 7) is 5.05. The van der Waals surface area contributed by atoms with Gasteiger partial charge in [-0.1, -0.05) is 29.5 Å². The molecule has 1 aliphatic heterocycles. The summed E-state index contributed by atoms with van der Waals surface area (Å²) < 4.78 is 0.177. The van der Waals surface area contributed by atoms with Crippen LogP contribution in [-0.4, -0.2) is 40.6 Å². The molecule has 0 aromatic heterocycles. The minimum atomic E-state index is -0.735. The molecule has 20 heavy (non-hydrogen) atoms. The first-order valence-electron chi connectivity index (χ1n) is 7.70. The van der Waals surface area contributed by atoms with Crippen molar-refractivity contribution in [3.8, 4) is 0 Å². The van der Waals surface area contributed by atoms with E-state index in [-0.39, 0.29) is 15.9 Å². The van der Waals surface area contributed by atoms with Crippen molar-refractivity contribution in [2.24, 2.45) is 11.8 Å². The molecule has 1 aliphatic carbocycles. The van der Waals surface area contributed by atoms with Gasteiger partial charge in [0, 0.05) is 18.3 Å². The van der Waals surface area contributed by atoms with E-state index in [1.807, 2.05) is 0 Å². The van der Waals surface area contributed by atoms with Gasteiger partial charge in [0.15, 0.2) is 5.78 Å². The highest BCUT2D eigenvalue weighted by Crippen LogP contribution is 2.28. The van der Waals surface area contributed by atoms with Crippen molar-refractivity contribution in [1.29, 1.82) is 0 Å². The summed E-state index contributed by atoms with van der Waals surface area (Å²) in [6, 6.07) is -0.339. The fourth-order valence-electron chi connectivity index (χ4n) is 3.63. The highest BCUT2D eigenvalue weighted by atomic mass is 127. The Hall–Kier alpha value is 0.240. The molecule has 5 nitrogen and oxygen atoms in total. The Morgan fingerprint density at radius 1 is 1.45 bits per heavy atom. The fourth-order valence-corrected chi connectivity index (χ4v) is 4.59. The van der Waals surface area contributed by atoms with Gasteiger partial charge in [-0.25, -0.2) is 10.4 Å². The molecule has 6 atom stereocenters. The second-order valence-corrected chi connectivity index (χ2v) is 8.17. The predicted octanol–water partition coefficient (Wildman–Crippen LogP) is -0.385. The number of Topliss-reactive ketones (excluding diaryl/α,β-unsaturated/α-hetero) is 1. The predicted molar refractivity (Wildman–Crippen MR) is 84.0 cm³/mol. The number of hydrogen-bond acceptors (Lipinski definition) is 3. The molecule has 0 radical (unpaired) electrons. The Kier molecular flexibility index (Phi) is 6.22. The Labute approximate surface area is 134 Å². The Morgan fingerprint density at radius 2 is 2.20 bits per heavy atom. The number of nitrogens with one attached hydrogen (secondary N) is 2. The molecule has 116 valence electrons. The molecule has 0 aromatic rings. The maximum Gasteiger partial charge on any atom is 0.190 e. The van der Waals surface area contributed by atoms with Crippen LogP contribution in [0.1, 0.15) is 39.0 Å². The normalized spacial score (nSPS) is 40.3. The second-order valence-electron chi connectivity index (χ2n) is 6.57. The maximum absolute atomic E-state index is 12.4. The van der Waals surface area contributed by atoms with Crippen molar-refractivity contribution >= 4 is 28.4 Å². The van der Waals surface area contributed by atoms with Gasteiger partial charge in [0.05, 0.1) is 17.0 Å². The molecule has 2 rings (SSSR count). The van der Waals surface area contributed by atoms with Crippen LogP contribution in [0.25, 0.3) is 0 Å². The second kappa shape index (κ2) is 7.49. The molecule has 3 N–H and O–H groups in total. The number of piperidine rings is 1. The lowest BCUT2D eigenvalue weighted by atomic mass is 9.83. The summed E-state index contributed by atoms with van der Waals surface area (Å²) in [5, 5.41) is 19.8. The van der Waals surface area contributed by atoms with E-state index < -0.39 is 5.23 Å². The van der Waals surface area contributed by atoms with Crippen molar-refractivity contribution in [2.75, 3.05) is 19.6 Å². The van der Waals surface area contributed by atoms with E-state index in [0.717, 1.165) is 25.9 Å². The minimum Gasteiger partial charge on any atom is -0.600 e. The number of ketones is 1. The van der Waals surface area contributed by atoms with Gasteiger partial charge >= 0.3 is 0 Å². The molecule has 1 saturated carbocycles. The SMILES string of the molecule is CC1CCC[NH+](CC(=O)C2CCC(I)C([NH+]([O-])O)C2)C1. The molecule has 0 amide bonds. The molecule has 0 bridgehead atoms. The van der Waals surface area contributed by atoms with E-state index in [1.165, 1.54) is 17.7 Å². The zero-order valence-electron chi connectivity index (χ0n) is 12.1. The van der Waals surface area contributed by atoms with Crippen LogP contribution < -0.4 is 10.1 Å². The summed E-state index contributed by atoms with van der Waals surface area (Å²) in [7, 11) is 0. The van der Waals surface area contributed by atoms with E-state index in [2.05, 4.69) is 29.5 Å². The monoisotopic (exact) mass is 397 g/mol. The third-order valence-corrected chi connectivity index (χ3v) is 6.32. The third-order valence-electron chi connectivity index (χ3n) is 4.83. The highest BCUT2D eigenvalue weighted by Gasteiger charge is 2.37. The first-order valence-corrected chi connectivity index (χ1v) is 8.95. The zero-order chi connectivity index (χ0) is 14.7. The van der Waals surface area contributed by atoms with Crippen LogP contribution >= 0.6 is 22.6 Å². The molecule has 0 spiro atoms. The molecule has 6 heteroatoms. The van der Waals surface area contributed by atoms with Crippen LogP contribution in [0.3, 0.4) is 0 Å². The van der Waals surface area contributed by atoms with E-state index in [4.69, 9.17) is 0 Å². The van der Waals surface area contributed by atoms with E-state index in [1.54, 1.807) is 0 Å². The van der Waals surface area contributed by atoms with Gasteiger partial charge in [-0.05, 0) is 25.7 Å². The number of hydroxylamine groups is 2. The smallest absolute Gasteiger partial charge is 0.190 e. The number of halogens is 1. The quantitative estimate of drug-likeness (QED) is 0.344. The van der Waals surface area contributed by atoms with Crippen LogP contribution in [0.5, 0.6) is 0 Å². The molecule has 0 aromatic carbocycles. The van der Waals surface area contributed by atoms with Crippen LogP contribution in [0, 0.1) is 17.0 Å². The molecular formula is C14H26IN2O3+. The summed E-state index contributed by atoms with van der Waals surface area (Å²) >= 11 is 2.23. The Morgan fingerprint density at radius 3 is 2.85 bits per heavy atom. The van der Waals surface area contributed by atoms with Gasteiger partial charge in [0.2, 0.25) is 0 Å². The third kappa shape index (κ3) is 4.37. The number of hydrogen-bond donors (Lipinski definition) is 3. The van der Waals surface area contributed by atoms with Gasteiger partial charge in [-0.2, -0.15) is 0 Å². The Balaban J connectivity index is 1.86. The first kappa shape index (κ1) is 16.6. The van der Waals surface area contributed by atoms with Gasteiger partial charge in [-0.15, -0.1) is 0 Å². The number of quaternary nitrogens is 2. The molecule has 2 fully saturated rings. The van der Waals surface area contributed by atoms with Crippen molar-refractivity contribution in [3.05, 3.63) is 5.21 Å². The van der Waals surface area contributed by atoms with E-state index >= 15 is 0 Å². The van der Waals surface area contributed by atoms with Crippen molar-refractivity contribution < 1.29 is 20.1 Å². The van der Waals surface area contributed by atoms with Crippen molar-refractivity contribution in [3.63, 3.8) is 0 Å². The largest absolute Gasteiger partial charge is 0.600 e. The van der Waals surface area contributed by atoms with Gasteiger partial charge in [0.25, 0.3) is 0 Å². The Bertz CT molecular complexity index is 340. The number of alkyl halides is 1. The number of carbonyl (C=O) groups is 1. The molecule has 6 unspecified atom stereocenters. The standard InChI is InChI=1S/C14H25IN2O3/c1-10-3-2-6-16(8-10)9-14(18)11-4-5-12(15)13(7-11)17(19)20/h10-13,17,19H,2-9H2,1H3/p+1. The molecule has 1 saturated heterocycles. The van der Waals surface area contributed by atoms with Crippen LogP contribution in [0.4, 0.5) is 0 Å². The lowest BCUT2D eigenvalue weighted by molar-refractivity contribution is -1.07. The minimum absolute atomic E-state index is 0.0214. The van der Waals surface area contributed by atoms with Crippen LogP contribution in [-0.2, 0) is 4.79 Å². The lowest BCUT2D eigenvalue weighted by Gasteiger charge is -2.35. The number of carbonyl (C=O) groups excluding carboxylic acids is 1. The van der Waals surface area contributed by atoms with E-state index in [9.17, 15) is 15.2 Å². The summed E-state index contributed by atoms with van der Waals surface area (Å²) in [5.74, 6) is 0.985. The van der Waals surface area contributed by atoms with Crippen LogP contribution in [0.15, 0.2) is 0 Å².